The van der Waals surface area contributed by atoms with Gasteiger partial charge in [-0.25, -0.2) is 4.98 Å². The van der Waals surface area contributed by atoms with Gasteiger partial charge in [0.05, 0.1) is 0 Å². The van der Waals surface area contributed by atoms with Crippen molar-refractivity contribution in [2.75, 3.05) is 11.8 Å². The summed E-state index contributed by atoms with van der Waals surface area (Å²) in [4.78, 5) is 3.87. The molecule has 0 aromatic carbocycles. The van der Waals surface area contributed by atoms with Crippen LogP contribution in [0.1, 0.15) is 13.8 Å². The SMILES string of the molecule is CC(C)N(C)S(=O)(=O)Nc1cc(Cl)ccn1. The van der Waals surface area contributed by atoms with Gasteiger partial charge in [0, 0.05) is 30.4 Å². The second-order valence-electron chi connectivity index (χ2n) is 3.58. The average Bonchev–Trinajstić information content (AvgIpc) is 2.15. The van der Waals surface area contributed by atoms with Gasteiger partial charge in [-0.1, -0.05) is 11.6 Å². The molecule has 0 spiro atoms. The Labute approximate surface area is 101 Å². The van der Waals surface area contributed by atoms with Crippen molar-refractivity contribution in [2.24, 2.45) is 0 Å². The van der Waals surface area contributed by atoms with Crippen LogP contribution in [0.15, 0.2) is 18.3 Å². The summed E-state index contributed by atoms with van der Waals surface area (Å²) < 4.78 is 27.1. The van der Waals surface area contributed by atoms with Gasteiger partial charge in [-0.3, -0.25) is 4.72 Å². The molecule has 5 nitrogen and oxygen atoms in total. The predicted octanol–water partition coefficient (Wildman–Crippen LogP) is 1.73. The second-order valence-corrected chi connectivity index (χ2v) is 5.74. The normalized spacial score (nSPS) is 12.1. The van der Waals surface area contributed by atoms with Crippen LogP contribution < -0.4 is 4.72 Å². The molecular weight excluding hydrogens is 250 g/mol. The molecule has 7 heteroatoms. The van der Waals surface area contributed by atoms with Gasteiger partial charge in [0.2, 0.25) is 0 Å². The largest absolute Gasteiger partial charge is 0.302 e. The third-order valence-electron chi connectivity index (χ3n) is 2.06. The summed E-state index contributed by atoms with van der Waals surface area (Å²) in [6, 6.07) is 2.90. The third kappa shape index (κ3) is 3.33. The average molecular weight is 264 g/mol. The topological polar surface area (TPSA) is 62.3 Å². The minimum absolute atomic E-state index is 0.128. The molecule has 1 aromatic heterocycles. The molecule has 90 valence electrons. The molecular formula is C9H14ClN3O2S. The quantitative estimate of drug-likeness (QED) is 0.900. The molecule has 0 saturated carbocycles. The number of nitrogens with one attached hydrogen (secondary N) is 1. The van der Waals surface area contributed by atoms with Crippen LogP contribution in [0.3, 0.4) is 0 Å². The summed E-state index contributed by atoms with van der Waals surface area (Å²) in [6.07, 6.45) is 1.44. The van der Waals surface area contributed by atoms with Crippen molar-refractivity contribution < 1.29 is 8.42 Å². The van der Waals surface area contributed by atoms with Gasteiger partial charge in [-0.05, 0) is 19.9 Å². The van der Waals surface area contributed by atoms with Crippen molar-refractivity contribution in [1.82, 2.24) is 9.29 Å². The lowest BCUT2D eigenvalue weighted by Crippen LogP contribution is -2.37. The van der Waals surface area contributed by atoms with Crippen molar-refractivity contribution >= 4 is 27.6 Å². The number of aromatic nitrogens is 1. The number of anilines is 1. The van der Waals surface area contributed by atoms with Crippen LogP contribution in [0.5, 0.6) is 0 Å². The van der Waals surface area contributed by atoms with Crippen molar-refractivity contribution in [3.63, 3.8) is 0 Å². The maximum atomic E-state index is 11.8. The summed E-state index contributed by atoms with van der Waals surface area (Å²) >= 11 is 5.73. The number of halogens is 1. The molecule has 0 aliphatic rings. The molecule has 1 aromatic rings. The molecule has 0 atom stereocenters. The van der Waals surface area contributed by atoms with E-state index in [1.807, 2.05) is 0 Å². The van der Waals surface area contributed by atoms with E-state index in [1.165, 1.54) is 23.6 Å². The number of pyridine rings is 1. The molecule has 0 bridgehead atoms. The Balaban J connectivity index is 2.89. The molecule has 0 saturated heterocycles. The minimum Gasteiger partial charge on any atom is -0.254 e. The summed E-state index contributed by atoms with van der Waals surface area (Å²) in [7, 11) is -2.07. The highest BCUT2D eigenvalue weighted by Gasteiger charge is 2.20. The maximum Gasteiger partial charge on any atom is 0.302 e. The molecule has 0 unspecified atom stereocenters. The van der Waals surface area contributed by atoms with Crippen molar-refractivity contribution in [1.29, 1.82) is 0 Å². The van der Waals surface area contributed by atoms with E-state index in [4.69, 9.17) is 11.6 Å². The van der Waals surface area contributed by atoms with E-state index in [9.17, 15) is 8.42 Å². The zero-order valence-corrected chi connectivity index (χ0v) is 10.9. The molecule has 1 rings (SSSR count). The highest BCUT2D eigenvalue weighted by Crippen LogP contribution is 2.14. The van der Waals surface area contributed by atoms with Gasteiger partial charge in [0.1, 0.15) is 5.82 Å². The predicted molar refractivity (Wildman–Crippen MR) is 64.7 cm³/mol. The summed E-state index contributed by atoms with van der Waals surface area (Å²) in [5, 5.41) is 0.430. The van der Waals surface area contributed by atoms with Gasteiger partial charge in [0.15, 0.2) is 0 Å². The summed E-state index contributed by atoms with van der Waals surface area (Å²) in [6.45, 7) is 3.56. The lowest BCUT2D eigenvalue weighted by Gasteiger charge is -2.21. The van der Waals surface area contributed by atoms with Crippen LogP contribution in [0.2, 0.25) is 5.02 Å². The first-order chi connectivity index (χ1) is 7.33. The van der Waals surface area contributed by atoms with Gasteiger partial charge in [-0.15, -0.1) is 0 Å². The molecule has 0 fully saturated rings. The minimum atomic E-state index is -3.57. The Kier molecular flexibility index (Phi) is 4.12. The maximum absolute atomic E-state index is 11.8. The number of hydrogen-bond donors (Lipinski definition) is 1. The summed E-state index contributed by atoms with van der Waals surface area (Å²) in [5.74, 6) is 0.208. The molecule has 0 radical (unpaired) electrons. The molecule has 1 N–H and O–H groups in total. The number of rotatable bonds is 4. The number of hydrogen-bond acceptors (Lipinski definition) is 3. The first kappa shape index (κ1) is 13.2. The fraction of sp³-hybridized carbons (Fsp3) is 0.444. The standard InChI is InChI=1S/C9H14ClN3O2S/c1-7(2)13(3)16(14,15)12-9-6-8(10)4-5-11-9/h4-7H,1-3H3,(H,11,12). The Morgan fingerprint density at radius 3 is 2.62 bits per heavy atom. The first-order valence-electron chi connectivity index (χ1n) is 4.70. The Morgan fingerprint density at radius 2 is 2.12 bits per heavy atom. The van der Waals surface area contributed by atoms with Crippen molar-refractivity contribution in [3.05, 3.63) is 23.4 Å². The van der Waals surface area contributed by atoms with Crippen LogP contribution >= 0.6 is 11.6 Å². The summed E-state index contributed by atoms with van der Waals surface area (Å²) in [5.41, 5.74) is 0. The van der Waals surface area contributed by atoms with Gasteiger partial charge in [0.25, 0.3) is 0 Å². The lowest BCUT2D eigenvalue weighted by atomic mass is 10.4. The zero-order chi connectivity index (χ0) is 12.3. The van der Waals surface area contributed by atoms with Crippen LogP contribution in [-0.2, 0) is 10.2 Å². The van der Waals surface area contributed by atoms with E-state index in [2.05, 4.69) is 9.71 Å². The van der Waals surface area contributed by atoms with Crippen LogP contribution in [0.4, 0.5) is 5.82 Å². The monoisotopic (exact) mass is 263 g/mol. The zero-order valence-electron chi connectivity index (χ0n) is 9.31. The van der Waals surface area contributed by atoms with Gasteiger partial charge in [-0.2, -0.15) is 12.7 Å². The molecule has 1 heterocycles. The van der Waals surface area contributed by atoms with E-state index >= 15 is 0 Å². The lowest BCUT2D eigenvalue weighted by molar-refractivity contribution is 0.414. The second kappa shape index (κ2) is 4.99. The van der Waals surface area contributed by atoms with Crippen molar-refractivity contribution in [2.45, 2.75) is 19.9 Å². The molecule has 0 aliphatic carbocycles. The highest BCUT2D eigenvalue weighted by atomic mass is 35.5. The van der Waals surface area contributed by atoms with Crippen LogP contribution in [0.25, 0.3) is 0 Å². The Hall–Kier alpha value is -0.850. The van der Waals surface area contributed by atoms with E-state index in [1.54, 1.807) is 19.9 Å². The van der Waals surface area contributed by atoms with Crippen molar-refractivity contribution in [3.8, 4) is 0 Å². The van der Waals surface area contributed by atoms with E-state index < -0.39 is 10.2 Å². The fourth-order valence-corrected chi connectivity index (χ4v) is 2.18. The van der Waals surface area contributed by atoms with E-state index in [0.29, 0.717) is 5.02 Å². The van der Waals surface area contributed by atoms with Crippen LogP contribution in [-0.4, -0.2) is 30.8 Å². The van der Waals surface area contributed by atoms with Gasteiger partial charge < -0.3 is 0 Å². The van der Waals surface area contributed by atoms with E-state index in [0.717, 1.165) is 0 Å². The Morgan fingerprint density at radius 1 is 1.50 bits per heavy atom. The first-order valence-corrected chi connectivity index (χ1v) is 6.52. The fourth-order valence-electron chi connectivity index (χ4n) is 0.942. The Bertz CT molecular complexity index is 462. The smallest absolute Gasteiger partial charge is 0.254 e. The van der Waals surface area contributed by atoms with Crippen LogP contribution in [0, 0.1) is 0 Å². The molecule has 0 aliphatic heterocycles. The highest BCUT2D eigenvalue weighted by molar-refractivity contribution is 7.90. The van der Waals surface area contributed by atoms with E-state index in [-0.39, 0.29) is 11.9 Å². The molecule has 0 amide bonds. The number of nitrogens with zero attached hydrogens (tertiary/aromatic N) is 2. The molecule has 16 heavy (non-hydrogen) atoms. The van der Waals surface area contributed by atoms with Gasteiger partial charge >= 0.3 is 10.2 Å². The third-order valence-corrected chi connectivity index (χ3v) is 3.94.